The van der Waals surface area contributed by atoms with Gasteiger partial charge in [0, 0.05) is 22.5 Å². The number of hydrogen-bond acceptors (Lipinski definition) is 2. The lowest BCUT2D eigenvalue weighted by atomic mass is 10.2. The van der Waals surface area contributed by atoms with Crippen molar-refractivity contribution in [1.29, 1.82) is 0 Å². The Labute approximate surface area is 121 Å². The van der Waals surface area contributed by atoms with E-state index in [2.05, 4.69) is 29.0 Å². The molecule has 0 fully saturated rings. The number of hydrogen-bond donors (Lipinski definition) is 0. The van der Waals surface area contributed by atoms with Crippen LogP contribution in [0.1, 0.15) is 0 Å². The van der Waals surface area contributed by atoms with Gasteiger partial charge in [0.1, 0.15) is 5.82 Å². The van der Waals surface area contributed by atoms with Gasteiger partial charge >= 0.3 is 0 Å². The van der Waals surface area contributed by atoms with E-state index in [1.807, 2.05) is 31.3 Å². The largest absolute Gasteiger partial charge is 0.327 e. The van der Waals surface area contributed by atoms with Crippen LogP contribution in [0.15, 0.2) is 47.4 Å². The van der Waals surface area contributed by atoms with E-state index in [0.29, 0.717) is 0 Å². The summed E-state index contributed by atoms with van der Waals surface area (Å²) in [7, 11) is 2.04. The summed E-state index contributed by atoms with van der Waals surface area (Å²) in [5.74, 6) is 0.974. The smallest absolute Gasteiger partial charge is 0.141 e. The van der Waals surface area contributed by atoms with Crippen molar-refractivity contribution in [1.82, 2.24) is 9.55 Å². The molecule has 0 aliphatic rings. The highest BCUT2D eigenvalue weighted by molar-refractivity contribution is 7.98. The maximum absolute atomic E-state index is 6.03. The second kappa shape index (κ2) is 4.91. The van der Waals surface area contributed by atoms with E-state index in [9.17, 15) is 0 Å². The first-order valence-electron chi connectivity index (χ1n) is 5.96. The number of nitrogens with zero attached hydrogens (tertiary/aromatic N) is 2. The van der Waals surface area contributed by atoms with Gasteiger partial charge in [-0.25, -0.2) is 4.98 Å². The van der Waals surface area contributed by atoms with E-state index in [-0.39, 0.29) is 0 Å². The molecule has 19 heavy (non-hydrogen) atoms. The maximum atomic E-state index is 6.03. The monoisotopic (exact) mass is 288 g/mol. The molecule has 0 saturated heterocycles. The summed E-state index contributed by atoms with van der Waals surface area (Å²) in [5, 5.41) is 0.718. The zero-order valence-electron chi connectivity index (χ0n) is 10.7. The highest BCUT2D eigenvalue weighted by Crippen LogP contribution is 2.31. The van der Waals surface area contributed by atoms with Crippen LogP contribution >= 0.6 is 23.4 Å². The minimum absolute atomic E-state index is 0.718. The van der Waals surface area contributed by atoms with Crippen molar-refractivity contribution in [3.8, 4) is 11.4 Å². The Balaban J connectivity index is 2.28. The molecule has 0 bridgehead atoms. The molecule has 4 heteroatoms. The van der Waals surface area contributed by atoms with Crippen molar-refractivity contribution in [2.24, 2.45) is 7.05 Å². The van der Waals surface area contributed by atoms with Crippen LogP contribution in [0.4, 0.5) is 0 Å². The second-order valence-corrected chi connectivity index (χ2v) is 5.61. The van der Waals surface area contributed by atoms with Crippen LogP contribution in [-0.4, -0.2) is 15.8 Å². The van der Waals surface area contributed by atoms with Crippen LogP contribution in [-0.2, 0) is 7.05 Å². The number of thioether (sulfide) groups is 1. The molecule has 0 N–H and O–H groups in total. The van der Waals surface area contributed by atoms with E-state index in [0.717, 1.165) is 27.4 Å². The predicted octanol–water partition coefficient (Wildman–Crippen LogP) is 4.62. The number of aryl methyl sites for hydroxylation is 1. The topological polar surface area (TPSA) is 17.8 Å². The predicted molar refractivity (Wildman–Crippen MR) is 82.9 cm³/mol. The molecule has 0 unspecified atom stereocenters. The molecule has 2 aromatic carbocycles. The molecule has 3 rings (SSSR count). The SMILES string of the molecule is CSc1ccccc1-c1nc2cc(Cl)ccc2n1C. The molecule has 2 nitrogen and oxygen atoms in total. The van der Waals surface area contributed by atoms with Gasteiger partial charge in [-0.1, -0.05) is 29.8 Å². The zero-order valence-corrected chi connectivity index (χ0v) is 12.3. The number of imidazole rings is 1. The molecular formula is C15H13ClN2S. The van der Waals surface area contributed by atoms with Crippen LogP contribution < -0.4 is 0 Å². The van der Waals surface area contributed by atoms with Gasteiger partial charge in [0.05, 0.1) is 11.0 Å². The van der Waals surface area contributed by atoms with Gasteiger partial charge < -0.3 is 4.57 Å². The van der Waals surface area contributed by atoms with Crippen LogP contribution in [0.5, 0.6) is 0 Å². The molecule has 0 aliphatic heterocycles. The molecule has 96 valence electrons. The summed E-state index contributed by atoms with van der Waals surface area (Å²) in [6.07, 6.45) is 2.08. The third kappa shape index (κ3) is 2.13. The van der Waals surface area contributed by atoms with Gasteiger partial charge in [-0.15, -0.1) is 11.8 Å². The Bertz CT molecular complexity index is 749. The molecule has 0 spiro atoms. The van der Waals surface area contributed by atoms with Crippen LogP contribution in [0.25, 0.3) is 22.4 Å². The number of rotatable bonds is 2. The van der Waals surface area contributed by atoms with Crippen LogP contribution in [0, 0.1) is 0 Å². The first-order valence-corrected chi connectivity index (χ1v) is 7.56. The highest BCUT2D eigenvalue weighted by Gasteiger charge is 2.12. The molecule has 0 saturated carbocycles. The first kappa shape index (κ1) is 12.6. The van der Waals surface area contributed by atoms with Crippen molar-refractivity contribution in [3.63, 3.8) is 0 Å². The van der Waals surface area contributed by atoms with E-state index in [1.54, 1.807) is 11.8 Å². The molecule has 1 heterocycles. The number of aromatic nitrogens is 2. The average Bonchev–Trinajstić information content (AvgIpc) is 2.75. The minimum atomic E-state index is 0.718. The summed E-state index contributed by atoms with van der Waals surface area (Å²) < 4.78 is 2.11. The summed E-state index contributed by atoms with van der Waals surface area (Å²) in [4.78, 5) is 5.95. The van der Waals surface area contributed by atoms with E-state index < -0.39 is 0 Å². The summed E-state index contributed by atoms with van der Waals surface area (Å²) in [5.41, 5.74) is 3.18. The van der Waals surface area contributed by atoms with E-state index in [4.69, 9.17) is 16.6 Å². The Morgan fingerprint density at radius 2 is 1.95 bits per heavy atom. The lowest BCUT2D eigenvalue weighted by molar-refractivity contribution is 0.955. The van der Waals surface area contributed by atoms with Crippen molar-refractivity contribution in [2.45, 2.75) is 4.90 Å². The van der Waals surface area contributed by atoms with Crippen LogP contribution in [0.2, 0.25) is 5.02 Å². The van der Waals surface area contributed by atoms with Gasteiger partial charge in [-0.3, -0.25) is 0 Å². The average molecular weight is 289 g/mol. The molecular weight excluding hydrogens is 276 g/mol. The number of fused-ring (bicyclic) bond motifs is 1. The van der Waals surface area contributed by atoms with Gasteiger partial charge in [0.25, 0.3) is 0 Å². The molecule has 0 radical (unpaired) electrons. The quantitative estimate of drug-likeness (QED) is 0.641. The lowest BCUT2D eigenvalue weighted by Gasteiger charge is -2.06. The van der Waals surface area contributed by atoms with Gasteiger partial charge in [0.2, 0.25) is 0 Å². The number of halogens is 1. The summed E-state index contributed by atoms with van der Waals surface area (Å²) in [6, 6.07) is 14.1. The molecule has 3 aromatic rings. The van der Waals surface area contributed by atoms with Gasteiger partial charge in [-0.05, 0) is 30.5 Å². The summed E-state index contributed by atoms with van der Waals surface area (Å²) >= 11 is 7.76. The van der Waals surface area contributed by atoms with Crippen molar-refractivity contribution < 1.29 is 0 Å². The standard InChI is InChI=1S/C15H13ClN2S/c1-18-13-8-7-10(16)9-12(13)17-15(18)11-5-3-4-6-14(11)19-2/h3-9H,1-2H3. The molecule has 0 atom stereocenters. The van der Waals surface area contributed by atoms with Crippen molar-refractivity contribution in [3.05, 3.63) is 47.5 Å². The Kier molecular flexibility index (Phi) is 3.25. The molecule has 0 amide bonds. The first-order chi connectivity index (χ1) is 9.20. The highest BCUT2D eigenvalue weighted by atomic mass is 35.5. The van der Waals surface area contributed by atoms with Gasteiger partial charge in [-0.2, -0.15) is 0 Å². The van der Waals surface area contributed by atoms with E-state index >= 15 is 0 Å². The third-order valence-electron chi connectivity index (χ3n) is 3.19. The van der Waals surface area contributed by atoms with Crippen molar-refractivity contribution >= 4 is 34.4 Å². The van der Waals surface area contributed by atoms with E-state index in [1.165, 1.54) is 4.90 Å². The maximum Gasteiger partial charge on any atom is 0.141 e. The van der Waals surface area contributed by atoms with Crippen LogP contribution in [0.3, 0.4) is 0 Å². The molecule has 1 aromatic heterocycles. The normalized spacial score (nSPS) is 11.1. The fraction of sp³-hybridized carbons (Fsp3) is 0.133. The zero-order chi connectivity index (χ0) is 13.4. The fourth-order valence-electron chi connectivity index (χ4n) is 2.24. The molecule has 0 aliphatic carbocycles. The minimum Gasteiger partial charge on any atom is -0.327 e. The second-order valence-electron chi connectivity index (χ2n) is 4.33. The summed E-state index contributed by atoms with van der Waals surface area (Å²) in [6.45, 7) is 0. The van der Waals surface area contributed by atoms with Gasteiger partial charge in [0.15, 0.2) is 0 Å². The fourth-order valence-corrected chi connectivity index (χ4v) is 3.00. The Hall–Kier alpha value is -1.45. The van der Waals surface area contributed by atoms with Crippen molar-refractivity contribution in [2.75, 3.05) is 6.26 Å². The Morgan fingerprint density at radius 3 is 2.74 bits per heavy atom. The number of benzene rings is 2. The lowest BCUT2D eigenvalue weighted by Crippen LogP contribution is -1.93. The third-order valence-corrected chi connectivity index (χ3v) is 4.22. The Morgan fingerprint density at radius 1 is 1.16 bits per heavy atom.